The highest BCUT2D eigenvalue weighted by atomic mass is 16.5. The Balaban J connectivity index is 1.57. The number of rotatable bonds is 7. The van der Waals surface area contributed by atoms with E-state index < -0.39 is 0 Å². The van der Waals surface area contributed by atoms with Crippen LogP contribution in [-0.2, 0) is 13.2 Å². The molecule has 0 unspecified atom stereocenters. The highest BCUT2D eigenvalue weighted by molar-refractivity contribution is 5.91. The zero-order valence-electron chi connectivity index (χ0n) is 14.6. The monoisotopic (exact) mass is 353 g/mol. The molecule has 2 heterocycles. The Bertz CT molecular complexity index is 878. The van der Waals surface area contributed by atoms with E-state index >= 15 is 0 Å². The molecule has 2 aromatic heterocycles. The van der Waals surface area contributed by atoms with Crippen molar-refractivity contribution in [2.75, 3.05) is 7.11 Å². The molecule has 0 atom stereocenters. The molecule has 0 radical (unpaired) electrons. The minimum atomic E-state index is -0.335. The number of pyridine rings is 1. The second kappa shape index (κ2) is 8.15. The zero-order valence-corrected chi connectivity index (χ0v) is 14.6. The summed E-state index contributed by atoms with van der Waals surface area (Å²) < 4.78 is 16.3. The van der Waals surface area contributed by atoms with Crippen LogP contribution in [-0.4, -0.2) is 23.0 Å². The van der Waals surface area contributed by atoms with Crippen LogP contribution in [0.1, 0.15) is 27.6 Å². The number of carbonyl (C=O) groups is 1. The van der Waals surface area contributed by atoms with Gasteiger partial charge >= 0.3 is 0 Å². The summed E-state index contributed by atoms with van der Waals surface area (Å²) >= 11 is 0. The molecule has 1 N–H and O–H groups in total. The Kier molecular flexibility index (Phi) is 5.48. The van der Waals surface area contributed by atoms with E-state index in [2.05, 4.69) is 15.3 Å². The first-order valence-electron chi connectivity index (χ1n) is 8.05. The number of nitrogens with one attached hydrogen (secondary N) is 1. The summed E-state index contributed by atoms with van der Waals surface area (Å²) in [6.45, 7) is 2.38. The molecule has 134 valence electrons. The molecule has 0 aliphatic rings. The molecule has 0 aliphatic carbocycles. The number of hydrogen-bond donors (Lipinski definition) is 1. The van der Waals surface area contributed by atoms with E-state index in [0.29, 0.717) is 23.9 Å². The predicted octanol–water partition coefficient (Wildman–Crippen LogP) is 2.90. The molecule has 0 saturated carbocycles. The van der Waals surface area contributed by atoms with Crippen molar-refractivity contribution in [1.82, 2.24) is 15.3 Å². The molecule has 26 heavy (non-hydrogen) atoms. The van der Waals surface area contributed by atoms with Crippen LogP contribution < -0.4 is 14.8 Å². The number of amides is 1. The fourth-order valence-corrected chi connectivity index (χ4v) is 2.28. The molecule has 0 aliphatic heterocycles. The van der Waals surface area contributed by atoms with Crippen molar-refractivity contribution >= 4 is 5.91 Å². The van der Waals surface area contributed by atoms with Crippen molar-refractivity contribution in [3.8, 4) is 11.5 Å². The lowest BCUT2D eigenvalue weighted by atomic mass is 10.2. The molecular formula is C19H19N3O4. The minimum absolute atomic E-state index is 0.0902. The third-order valence-electron chi connectivity index (χ3n) is 3.61. The first-order chi connectivity index (χ1) is 12.7. The summed E-state index contributed by atoms with van der Waals surface area (Å²) in [7, 11) is 1.58. The fraction of sp³-hybridized carbons (Fsp3) is 0.211. The minimum Gasteiger partial charge on any atom is -0.493 e. The molecule has 1 aromatic carbocycles. The first kappa shape index (κ1) is 17.5. The summed E-state index contributed by atoms with van der Waals surface area (Å²) in [6, 6.07) is 11.1. The molecule has 7 nitrogen and oxygen atoms in total. The van der Waals surface area contributed by atoms with Gasteiger partial charge < -0.3 is 19.2 Å². The van der Waals surface area contributed by atoms with Crippen LogP contribution in [0.15, 0.2) is 53.3 Å². The number of benzene rings is 1. The number of aryl methyl sites for hydroxylation is 1. The van der Waals surface area contributed by atoms with Crippen LogP contribution in [0.2, 0.25) is 0 Å². The van der Waals surface area contributed by atoms with Gasteiger partial charge in [-0.05, 0) is 36.8 Å². The maximum atomic E-state index is 12.1. The van der Waals surface area contributed by atoms with Crippen molar-refractivity contribution in [3.05, 3.63) is 71.7 Å². The third-order valence-corrected chi connectivity index (χ3v) is 3.61. The smallest absolute Gasteiger partial charge is 0.273 e. The number of ether oxygens (including phenoxy) is 2. The molecule has 0 fully saturated rings. The van der Waals surface area contributed by atoms with Gasteiger partial charge in [0.1, 0.15) is 6.26 Å². The Labute approximate surface area is 151 Å². The van der Waals surface area contributed by atoms with Crippen LogP contribution >= 0.6 is 0 Å². The van der Waals surface area contributed by atoms with Gasteiger partial charge in [0, 0.05) is 6.20 Å². The maximum absolute atomic E-state index is 12.1. The normalized spacial score (nSPS) is 10.4. The van der Waals surface area contributed by atoms with E-state index in [1.165, 1.54) is 6.26 Å². The van der Waals surface area contributed by atoms with Gasteiger partial charge in [-0.2, -0.15) is 0 Å². The molecule has 7 heteroatoms. The van der Waals surface area contributed by atoms with E-state index in [0.717, 1.165) is 11.3 Å². The number of aromatic nitrogens is 2. The molecule has 0 bridgehead atoms. The molecular weight excluding hydrogens is 334 g/mol. The number of oxazole rings is 1. The summed E-state index contributed by atoms with van der Waals surface area (Å²) in [5.41, 5.74) is 2.02. The van der Waals surface area contributed by atoms with Gasteiger partial charge in [-0.25, -0.2) is 4.98 Å². The molecule has 1 amide bonds. The van der Waals surface area contributed by atoms with Crippen LogP contribution in [0.5, 0.6) is 11.5 Å². The summed E-state index contributed by atoms with van der Waals surface area (Å²) in [5.74, 6) is 1.18. The van der Waals surface area contributed by atoms with Gasteiger partial charge in [0.05, 0.1) is 19.3 Å². The highest BCUT2D eigenvalue weighted by Crippen LogP contribution is 2.28. The molecule has 3 aromatic rings. The van der Waals surface area contributed by atoms with Gasteiger partial charge in [0.15, 0.2) is 23.8 Å². The molecule has 3 rings (SSSR count). The molecule has 0 saturated heterocycles. The van der Waals surface area contributed by atoms with E-state index in [-0.39, 0.29) is 18.2 Å². The Morgan fingerprint density at radius 3 is 2.88 bits per heavy atom. The maximum Gasteiger partial charge on any atom is 0.273 e. The topological polar surface area (TPSA) is 86.5 Å². The molecule has 0 spiro atoms. The van der Waals surface area contributed by atoms with Crippen molar-refractivity contribution < 1.29 is 18.7 Å². The van der Waals surface area contributed by atoms with E-state index in [1.807, 2.05) is 43.3 Å². The Morgan fingerprint density at radius 1 is 1.23 bits per heavy atom. The second-order valence-corrected chi connectivity index (χ2v) is 5.57. The second-order valence-electron chi connectivity index (χ2n) is 5.57. The zero-order chi connectivity index (χ0) is 18.4. The lowest BCUT2D eigenvalue weighted by Gasteiger charge is -2.09. The van der Waals surface area contributed by atoms with Crippen LogP contribution in [0.25, 0.3) is 0 Å². The van der Waals surface area contributed by atoms with Crippen molar-refractivity contribution in [2.24, 2.45) is 0 Å². The van der Waals surface area contributed by atoms with Crippen molar-refractivity contribution in [3.63, 3.8) is 0 Å². The van der Waals surface area contributed by atoms with Crippen molar-refractivity contribution in [1.29, 1.82) is 0 Å². The fourth-order valence-electron chi connectivity index (χ4n) is 2.28. The number of hydrogen-bond acceptors (Lipinski definition) is 6. The predicted molar refractivity (Wildman–Crippen MR) is 94.0 cm³/mol. The number of nitrogens with zero attached hydrogens (tertiary/aromatic N) is 2. The quantitative estimate of drug-likeness (QED) is 0.703. The van der Waals surface area contributed by atoms with Gasteiger partial charge in [-0.3, -0.25) is 9.78 Å². The van der Waals surface area contributed by atoms with Gasteiger partial charge in [0.25, 0.3) is 5.91 Å². The van der Waals surface area contributed by atoms with E-state index in [1.54, 1.807) is 13.3 Å². The lowest BCUT2D eigenvalue weighted by Crippen LogP contribution is -2.23. The van der Waals surface area contributed by atoms with Gasteiger partial charge in [-0.15, -0.1) is 0 Å². The Morgan fingerprint density at radius 2 is 2.12 bits per heavy atom. The van der Waals surface area contributed by atoms with Crippen LogP contribution in [0.3, 0.4) is 0 Å². The summed E-state index contributed by atoms with van der Waals surface area (Å²) in [4.78, 5) is 20.4. The highest BCUT2D eigenvalue weighted by Gasteiger charge is 2.13. The van der Waals surface area contributed by atoms with Gasteiger partial charge in [0.2, 0.25) is 5.89 Å². The first-order valence-corrected chi connectivity index (χ1v) is 8.05. The standard InChI is InChI=1S/C19H19N3O4/c1-13-6-7-16(17(9-13)24-2)25-12-18-22-15(11-26-18)19(23)21-10-14-5-3-4-8-20-14/h3-9,11H,10,12H2,1-2H3,(H,21,23). The lowest BCUT2D eigenvalue weighted by molar-refractivity contribution is 0.0945. The SMILES string of the molecule is COc1cc(C)ccc1OCc1nc(C(=O)NCc2ccccn2)co1. The Hall–Kier alpha value is -3.35. The van der Waals surface area contributed by atoms with Crippen LogP contribution in [0, 0.1) is 6.92 Å². The average Bonchev–Trinajstić information content (AvgIpc) is 3.15. The summed E-state index contributed by atoms with van der Waals surface area (Å²) in [6.07, 6.45) is 2.98. The van der Waals surface area contributed by atoms with Crippen LogP contribution in [0.4, 0.5) is 0 Å². The van der Waals surface area contributed by atoms with Gasteiger partial charge in [-0.1, -0.05) is 12.1 Å². The number of carbonyl (C=O) groups excluding carboxylic acids is 1. The van der Waals surface area contributed by atoms with E-state index in [4.69, 9.17) is 13.9 Å². The summed E-state index contributed by atoms with van der Waals surface area (Å²) in [5, 5.41) is 2.74. The average molecular weight is 353 g/mol. The van der Waals surface area contributed by atoms with E-state index in [9.17, 15) is 4.79 Å². The third kappa shape index (κ3) is 4.38. The van der Waals surface area contributed by atoms with Crippen molar-refractivity contribution in [2.45, 2.75) is 20.1 Å². The largest absolute Gasteiger partial charge is 0.493 e. The number of methoxy groups -OCH3 is 1.